The lowest BCUT2D eigenvalue weighted by Crippen LogP contribution is -2.16. The third-order valence-electron chi connectivity index (χ3n) is 1.45. The van der Waals surface area contributed by atoms with Crippen LogP contribution in [0.3, 0.4) is 0 Å². The highest BCUT2D eigenvalue weighted by Gasteiger charge is 2.11. The van der Waals surface area contributed by atoms with Crippen LogP contribution >= 0.6 is 38.5 Å². The van der Waals surface area contributed by atoms with Crippen molar-refractivity contribution in [2.75, 3.05) is 10.5 Å². The van der Waals surface area contributed by atoms with Gasteiger partial charge < -0.3 is 0 Å². The second kappa shape index (κ2) is 5.14. The predicted octanol–water partition coefficient (Wildman–Crippen LogP) is 2.32. The Morgan fingerprint density at radius 1 is 1.53 bits per heavy atom. The summed E-state index contributed by atoms with van der Waals surface area (Å²) >= 11 is 5.25. The molecule has 15 heavy (non-hydrogen) atoms. The number of anilines is 1. The molecule has 0 radical (unpaired) electrons. The maximum absolute atomic E-state index is 11.3. The second-order valence-electron chi connectivity index (χ2n) is 2.64. The van der Waals surface area contributed by atoms with Crippen LogP contribution in [0.1, 0.15) is 0 Å². The Balaban J connectivity index is 3.00. The van der Waals surface area contributed by atoms with Gasteiger partial charge in [0.15, 0.2) is 5.75 Å². The zero-order valence-electron chi connectivity index (χ0n) is 7.37. The molecule has 0 aliphatic heterocycles. The summed E-state index contributed by atoms with van der Waals surface area (Å²) in [5.41, 5.74) is 0.472. The molecular formula is C8H6BrIN2O2S. The number of nitrogens with one attached hydrogen (secondary N) is 1. The lowest BCUT2D eigenvalue weighted by Gasteiger charge is -2.07. The molecule has 0 saturated carbocycles. The second-order valence-corrected chi connectivity index (χ2v) is 6.44. The van der Waals surface area contributed by atoms with Gasteiger partial charge in [-0.1, -0.05) is 15.9 Å². The summed E-state index contributed by atoms with van der Waals surface area (Å²) in [5.74, 6) is -0.546. The molecule has 80 valence electrons. The predicted molar refractivity (Wildman–Crippen MR) is 69.9 cm³/mol. The largest absolute Gasteiger partial charge is 0.282 e. The van der Waals surface area contributed by atoms with Crippen molar-refractivity contribution >= 4 is 54.2 Å². The Morgan fingerprint density at radius 3 is 2.80 bits per heavy atom. The van der Waals surface area contributed by atoms with E-state index in [1.54, 1.807) is 18.2 Å². The van der Waals surface area contributed by atoms with E-state index in [1.165, 1.54) is 0 Å². The summed E-state index contributed by atoms with van der Waals surface area (Å²) in [6.45, 7) is 0. The molecule has 1 N–H and O–H groups in total. The molecule has 1 aromatic rings. The molecule has 1 aromatic carbocycles. The first-order valence-corrected chi connectivity index (χ1v) is 7.29. The van der Waals surface area contributed by atoms with E-state index in [0.29, 0.717) is 5.69 Å². The summed E-state index contributed by atoms with van der Waals surface area (Å²) in [6, 6.07) is 6.83. The van der Waals surface area contributed by atoms with Crippen molar-refractivity contribution in [3.05, 3.63) is 26.2 Å². The third kappa shape index (κ3) is 3.96. The van der Waals surface area contributed by atoms with Crippen molar-refractivity contribution in [3.63, 3.8) is 0 Å². The number of hydrogen-bond donors (Lipinski definition) is 1. The van der Waals surface area contributed by atoms with Gasteiger partial charge >= 0.3 is 0 Å². The highest BCUT2D eigenvalue weighted by atomic mass is 127. The molecule has 0 amide bonds. The van der Waals surface area contributed by atoms with Gasteiger partial charge in [-0.05, 0) is 40.8 Å². The molecule has 0 unspecified atom stereocenters. The molecule has 4 nitrogen and oxygen atoms in total. The molecular weight excluding hydrogens is 395 g/mol. The molecule has 0 saturated heterocycles. The fourth-order valence-electron chi connectivity index (χ4n) is 0.864. The standard InChI is InChI=1S/C8H6BrIN2O2S/c9-6-1-2-7(10)8(5-6)12-15(13,14)4-3-11/h1-2,5,12H,4H2. The summed E-state index contributed by atoms with van der Waals surface area (Å²) in [6.07, 6.45) is 0. The minimum atomic E-state index is -3.56. The summed E-state index contributed by atoms with van der Waals surface area (Å²) in [7, 11) is -3.56. The Kier molecular flexibility index (Phi) is 4.36. The number of halogens is 2. The summed E-state index contributed by atoms with van der Waals surface area (Å²) < 4.78 is 26.5. The third-order valence-corrected chi connectivity index (χ3v) is 3.92. The highest BCUT2D eigenvalue weighted by Crippen LogP contribution is 2.23. The molecule has 0 aromatic heterocycles. The van der Waals surface area contributed by atoms with E-state index in [4.69, 9.17) is 5.26 Å². The Morgan fingerprint density at radius 2 is 2.20 bits per heavy atom. The molecule has 0 heterocycles. The highest BCUT2D eigenvalue weighted by molar-refractivity contribution is 14.1. The molecule has 0 spiro atoms. The van der Waals surface area contributed by atoms with Crippen LogP contribution in [0, 0.1) is 14.9 Å². The van der Waals surface area contributed by atoms with Crippen LogP contribution in [0.4, 0.5) is 5.69 Å². The lowest BCUT2D eigenvalue weighted by atomic mass is 10.3. The van der Waals surface area contributed by atoms with E-state index in [9.17, 15) is 8.42 Å². The van der Waals surface area contributed by atoms with Gasteiger partial charge in [0.2, 0.25) is 10.0 Å². The van der Waals surface area contributed by atoms with Crippen molar-refractivity contribution in [2.24, 2.45) is 0 Å². The summed E-state index contributed by atoms with van der Waals surface area (Å²) in [5, 5.41) is 8.32. The van der Waals surface area contributed by atoms with Crippen LogP contribution in [-0.4, -0.2) is 14.2 Å². The van der Waals surface area contributed by atoms with Gasteiger partial charge in [0.05, 0.1) is 11.8 Å². The van der Waals surface area contributed by atoms with Crippen molar-refractivity contribution in [3.8, 4) is 6.07 Å². The van der Waals surface area contributed by atoms with Crippen LogP contribution in [-0.2, 0) is 10.0 Å². The van der Waals surface area contributed by atoms with Crippen molar-refractivity contribution in [2.45, 2.75) is 0 Å². The summed E-state index contributed by atoms with van der Waals surface area (Å²) in [4.78, 5) is 0. The van der Waals surface area contributed by atoms with Crippen LogP contribution in [0.5, 0.6) is 0 Å². The normalized spacial score (nSPS) is 10.7. The quantitative estimate of drug-likeness (QED) is 0.791. The minimum absolute atomic E-state index is 0.472. The molecule has 1 rings (SSSR count). The van der Waals surface area contributed by atoms with Crippen LogP contribution in [0.25, 0.3) is 0 Å². The first-order valence-electron chi connectivity index (χ1n) is 3.77. The molecule has 0 fully saturated rings. The number of sulfonamides is 1. The first kappa shape index (κ1) is 12.7. The van der Waals surface area contributed by atoms with Gasteiger partial charge in [-0.2, -0.15) is 5.26 Å². The first-order chi connectivity index (χ1) is 6.94. The van der Waals surface area contributed by atoms with Crippen LogP contribution < -0.4 is 4.72 Å². The van der Waals surface area contributed by atoms with E-state index >= 15 is 0 Å². The van der Waals surface area contributed by atoms with E-state index in [1.807, 2.05) is 28.7 Å². The Hall–Kier alpha value is -0.330. The molecule has 0 atom stereocenters. The van der Waals surface area contributed by atoms with Gasteiger partial charge in [0.1, 0.15) is 0 Å². The van der Waals surface area contributed by atoms with E-state index in [2.05, 4.69) is 20.7 Å². The zero-order chi connectivity index (χ0) is 11.5. The van der Waals surface area contributed by atoms with Gasteiger partial charge in [0, 0.05) is 8.04 Å². The SMILES string of the molecule is N#CCS(=O)(=O)Nc1cc(Br)ccc1I. The maximum Gasteiger partial charge on any atom is 0.246 e. The Labute approximate surface area is 110 Å². The molecule has 0 aliphatic rings. The number of nitrogens with zero attached hydrogens (tertiary/aromatic N) is 1. The number of nitriles is 1. The number of benzene rings is 1. The van der Waals surface area contributed by atoms with E-state index < -0.39 is 15.8 Å². The van der Waals surface area contributed by atoms with Gasteiger partial charge in [0.25, 0.3) is 0 Å². The average molecular weight is 401 g/mol. The van der Waals surface area contributed by atoms with Crippen molar-refractivity contribution in [1.82, 2.24) is 0 Å². The van der Waals surface area contributed by atoms with Gasteiger partial charge in [-0.15, -0.1) is 0 Å². The molecule has 0 bridgehead atoms. The van der Waals surface area contributed by atoms with E-state index in [-0.39, 0.29) is 0 Å². The maximum atomic E-state index is 11.3. The fraction of sp³-hybridized carbons (Fsp3) is 0.125. The minimum Gasteiger partial charge on any atom is -0.282 e. The van der Waals surface area contributed by atoms with E-state index in [0.717, 1.165) is 8.04 Å². The zero-order valence-corrected chi connectivity index (χ0v) is 11.9. The molecule has 0 aliphatic carbocycles. The van der Waals surface area contributed by atoms with Gasteiger partial charge in [-0.25, -0.2) is 8.42 Å². The smallest absolute Gasteiger partial charge is 0.246 e. The lowest BCUT2D eigenvalue weighted by molar-refractivity contribution is 0.604. The topological polar surface area (TPSA) is 70.0 Å². The fourth-order valence-corrected chi connectivity index (χ4v) is 2.62. The van der Waals surface area contributed by atoms with Crippen molar-refractivity contribution in [1.29, 1.82) is 5.26 Å². The monoisotopic (exact) mass is 400 g/mol. The Bertz CT molecular complexity index is 510. The average Bonchev–Trinajstić information content (AvgIpc) is 2.10. The van der Waals surface area contributed by atoms with Gasteiger partial charge in [-0.3, -0.25) is 4.72 Å². The van der Waals surface area contributed by atoms with Crippen molar-refractivity contribution < 1.29 is 8.42 Å². The number of hydrogen-bond acceptors (Lipinski definition) is 3. The van der Waals surface area contributed by atoms with Crippen LogP contribution in [0.15, 0.2) is 22.7 Å². The molecule has 7 heteroatoms. The van der Waals surface area contributed by atoms with Crippen LogP contribution in [0.2, 0.25) is 0 Å². The number of rotatable bonds is 3.